The second-order valence-corrected chi connectivity index (χ2v) is 8.78. The van der Waals surface area contributed by atoms with Crippen LogP contribution in [0.3, 0.4) is 0 Å². The Hall–Kier alpha value is -2.91. The number of benzene rings is 3. The number of rotatable bonds is 8. The molecule has 3 aromatic rings. The Kier molecular flexibility index (Phi) is 7.29. The first-order chi connectivity index (χ1) is 14.8. The van der Waals surface area contributed by atoms with Crippen LogP contribution in [0.2, 0.25) is 5.02 Å². The van der Waals surface area contributed by atoms with E-state index in [-0.39, 0.29) is 17.3 Å². The van der Waals surface area contributed by atoms with Crippen molar-refractivity contribution in [2.75, 3.05) is 11.6 Å². The first-order valence-corrected chi connectivity index (χ1v) is 11.4. The molecule has 9 heteroatoms. The first kappa shape index (κ1) is 22.8. The van der Waals surface area contributed by atoms with E-state index in [9.17, 15) is 13.2 Å². The highest BCUT2D eigenvalue weighted by atomic mass is 35.5. The Labute approximate surface area is 186 Å². The molecule has 1 amide bonds. The van der Waals surface area contributed by atoms with Gasteiger partial charge in [-0.3, -0.25) is 9.80 Å². The molecule has 0 saturated heterocycles. The van der Waals surface area contributed by atoms with Gasteiger partial charge in [-0.05, 0) is 55.0 Å². The van der Waals surface area contributed by atoms with Gasteiger partial charge in [0.2, 0.25) is 10.0 Å². The Morgan fingerprint density at radius 2 is 1.90 bits per heavy atom. The van der Waals surface area contributed by atoms with Gasteiger partial charge < -0.3 is 5.32 Å². The van der Waals surface area contributed by atoms with Crippen LogP contribution in [-0.4, -0.2) is 20.9 Å². The number of sulfonamides is 1. The number of hydrogen-bond acceptors (Lipinski definition) is 5. The minimum Gasteiger partial charge on any atom is -0.352 e. The van der Waals surface area contributed by atoms with Crippen LogP contribution in [0, 0.1) is 6.07 Å². The van der Waals surface area contributed by atoms with Crippen molar-refractivity contribution in [1.82, 2.24) is 10.0 Å². The minimum absolute atomic E-state index is 0.0615. The van der Waals surface area contributed by atoms with Crippen molar-refractivity contribution >= 4 is 38.9 Å². The van der Waals surface area contributed by atoms with Crippen molar-refractivity contribution in [2.24, 2.45) is 5.84 Å². The van der Waals surface area contributed by atoms with Gasteiger partial charge in [-0.15, -0.1) is 0 Å². The van der Waals surface area contributed by atoms with Gasteiger partial charge in [0.1, 0.15) is 0 Å². The summed E-state index contributed by atoms with van der Waals surface area (Å²) in [7, 11) is -3.79. The molecule has 0 saturated carbocycles. The second-order valence-electron chi connectivity index (χ2n) is 6.61. The van der Waals surface area contributed by atoms with E-state index in [1.807, 2.05) is 6.92 Å². The predicted octanol–water partition coefficient (Wildman–Crippen LogP) is 3.38. The number of nitrogens with two attached hydrogens (primary N) is 1. The maximum atomic E-state index is 12.7. The Morgan fingerprint density at radius 1 is 1.13 bits per heavy atom. The number of nitrogens with zero attached hydrogens (tertiary/aromatic N) is 1. The molecule has 1 radical (unpaired) electrons. The lowest BCUT2D eigenvalue weighted by Crippen LogP contribution is -2.27. The van der Waals surface area contributed by atoms with Crippen LogP contribution >= 0.6 is 11.6 Å². The fourth-order valence-electron chi connectivity index (χ4n) is 2.81. The number of nitrogens with one attached hydrogen (secondary N) is 2. The molecule has 3 rings (SSSR count). The molecule has 0 atom stereocenters. The molecule has 0 fully saturated rings. The van der Waals surface area contributed by atoms with E-state index in [0.29, 0.717) is 34.1 Å². The monoisotopic (exact) mass is 457 g/mol. The fraction of sp³-hybridized carbons (Fsp3) is 0.136. The lowest BCUT2D eigenvalue weighted by molar-refractivity contribution is 0.0956. The van der Waals surface area contributed by atoms with E-state index >= 15 is 0 Å². The maximum absolute atomic E-state index is 12.7. The summed E-state index contributed by atoms with van der Waals surface area (Å²) < 4.78 is 28.0. The van der Waals surface area contributed by atoms with Crippen LogP contribution < -0.4 is 20.9 Å². The predicted molar refractivity (Wildman–Crippen MR) is 122 cm³/mol. The quantitative estimate of drug-likeness (QED) is 0.355. The molecule has 0 spiro atoms. The Bertz CT molecular complexity index is 1170. The number of anilines is 2. The molecular weight excluding hydrogens is 436 g/mol. The third-order valence-electron chi connectivity index (χ3n) is 4.47. The number of amides is 1. The summed E-state index contributed by atoms with van der Waals surface area (Å²) in [4.78, 5) is 11.9. The summed E-state index contributed by atoms with van der Waals surface area (Å²) in [6, 6.07) is 21.0. The molecule has 7 nitrogen and oxygen atoms in total. The molecular formula is C22H22ClN4O3S. The molecule has 31 heavy (non-hydrogen) atoms. The van der Waals surface area contributed by atoms with Gasteiger partial charge in [0, 0.05) is 29.7 Å². The molecule has 0 aliphatic heterocycles. The zero-order valence-corrected chi connectivity index (χ0v) is 18.4. The van der Waals surface area contributed by atoms with Gasteiger partial charge in [-0.2, -0.15) is 0 Å². The SMILES string of the molecule is CCNC(=O)c1c[c]c(N(N)c2cccc(S(=O)(=O)NCc3ccccc3Cl)c2)cc1. The molecule has 0 unspecified atom stereocenters. The molecule has 4 N–H and O–H groups in total. The van der Waals surface area contributed by atoms with Crippen molar-refractivity contribution < 1.29 is 13.2 Å². The molecule has 0 aliphatic carbocycles. The summed E-state index contributed by atoms with van der Waals surface area (Å²) in [6.07, 6.45) is 0. The molecule has 3 aromatic carbocycles. The summed E-state index contributed by atoms with van der Waals surface area (Å²) >= 11 is 6.10. The van der Waals surface area contributed by atoms with Gasteiger partial charge >= 0.3 is 0 Å². The van der Waals surface area contributed by atoms with Crippen molar-refractivity contribution in [3.8, 4) is 0 Å². The van der Waals surface area contributed by atoms with Crippen molar-refractivity contribution in [1.29, 1.82) is 0 Å². The largest absolute Gasteiger partial charge is 0.352 e. The third-order valence-corrected chi connectivity index (χ3v) is 6.24. The zero-order valence-electron chi connectivity index (χ0n) is 16.8. The van der Waals surface area contributed by atoms with E-state index in [4.69, 9.17) is 17.4 Å². The molecule has 161 valence electrons. The van der Waals surface area contributed by atoms with E-state index in [2.05, 4.69) is 16.1 Å². The van der Waals surface area contributed by atoms with E-state index < -0.39 is 10.0 Å². The van der Waals surface area contributed by atoms with E-state index in [1.165, 1.54) is 23.2 Å². The first-order valence-electron chi connectivity index (χ1n) is 9.49. The molecule has 0 aromatic heterocycles. The van der Waals surface area contributed by atoms with Crippen molar-refractivity contribution in [3.63, 3.8) is 0 Å². The van der Waals surface area contributed by atoms with E-state index in [0.717, 1.165) is 0 Å². The molecule has 0 aliphatic rings. The molecule has 0 bridgehead atoms. The number of halogens is 1. The normalized spacial score (nSPS) is 11.2. The second kappa shape index (κ2) is 9.93. The average molecular weight is 458 g/mol. The van der Waals surface area contributed by atoms with Crippen LogP contribution in [0.4, 0.5) is 11.4 Å². The van der Waals surface area contributed by atoms with Gasteiger partial charge in [0.15, 0.2) is 0 Å². The van der Waals surface area contributed by atoms with Gasteiger partial charge in [-0.1, -0.05) is 35.9 Å². The number of carbonyl (C=O) groups is 1. The highest BCUT2D eigenvalue weighted by molar-refractivity contribution is 7.89. The topological polar surface area (TPSA) is 105 Å². The van der Waals surface area contributed by atoms with Crippen LogP contribution in [0.25, 0.3) is 0 Å². The third kappa shape index (κ3) is 5.62. The van der Waals surface area contributed by atoms with Gasteiger partial charge in [0.05, 0.1) is 16.3 Å². The van der Waals surface area contributed by atoms with Crippen molar-refractivity contribution in [2.45, 2.75) is 18.4 Å². The highest BCUT2D eigenvalue weighted by Gasteiger charge is 2.17. The van der Waals surface area contributed by atoms with Crippen LogP contribution in [-0.2, 0) is 16.6 Å². The lowest BCUT2D eigenvalue weighted by atomic mass is 10.2. The highest BCUT2D eigenvalue weighted by Crippen LogP contribution is 2.25. The maximum Gasteiger partial charge on any atom is 0.251 e. The smallest absolute Gasteiger partial charge is 0.251 e. The van der Waals surface area contributed by atoms with E-state index in [1.54, 1.807) is 48.5 Å². The zero-order chi connectivity index (χ0) is 22.4. The number of hydrazine groups is 1. The van der Waals surface area contributed by atoms with Crippen LogP contribution in [0.1, 0.15) is 22.8 Å². The number of hydrogen-bond donors (Lipinski definition) is 3. The van der Waals surface area contributed by atoms with Gasteiger partial charge in [0.25, 0.3) is 5.91 Å². The number of carbonyl (C=O) groups excluding carboxylic acids is 1. The standard InChI is InChI=1S/C22H22ClN4O3S/c1-2-25-22(28)16-10-12-18(13-11-16)27(24)19-7-5-8-20(14-19)31(29,30)26-15-17-6-3-4-9-21(17)23/h3-12,14,26H,2,15,24H2,1H3,(H,25,28). The molecule has 0 heterocycles. The van der Waals surface area contributed by atoms with Crippen LogP contribution in [0.5, 0.6) is 0 Å². The summed E-state index contributed by atoms with van der Waals surface area (Å²) in [5, 5.41) is 4.49. The summed E-state index contributed by atoms with van der Waals surface area (Å²) in [5.41, 5.74) is 2.06. The minimum atomic E-state index is -3.79. The Balaban J connectivity index is 1.77. The van der Waals surface area contributed by atoms with Crippen molar-refractivity contribution in [3.05, 3.63) is 88.9 Å². The van der Waals surface area contributed by atoms with Gasteiger partial charge in [-0.25, -0.2) is 19.0 Å². The van der Waals surface area contributed by atoms with Crippen LogP contribution in [0.15, 0.2) is 71.6 Å². The average Bonchev–Trinajstić information content (AvgIpc) is 2.78. The summed E-state index contributed by atoms with van der Waals surface area (Å²) in [6.45, 7) is 2.42. The Morgan fingerprint density at radius 3 is 2.58 bits per heavy atom. The summed E-state index contributed by atoms with van der Waals surface area (Å²) in [5.74, 6) is 5.96. The fourth-order valence-corrected chi connectivity index (χ4v) is 4.06. The lowest BCUT2D eigenvalue weighted by Gasteiger charge is -2.19.